The summed E-state index contributed by atoms with van der Waals surface area (Å²) in [7, 11) is 0. The predicted octanol–water partition coefficient (Wildman–Crippen LogP) is 5.14. The van der Waals surface area contributed by atoms with Crippen molar-refractivity contribution in [2.75, 3.05) is 10.7 Å². The van der Waals surface area contributed by atoms with Gasteiger partial charge >= 0.3 is 0 Å². The van der Waals surface area contributed by atoms with Crippen molar-refractivity contribution in [2.24, 2.45) is 0 Å². The molecule has 1 aliphatic rings. The molecule has 0 saturated heterocycles. The van der Waals surface area contributed by atoms with Crippen LogP contribution in [0.25, 0.3) is 11.3 Å². The van der Waals surface area contributed by atoms with Gasteiger partial charge in [0.2, 0.25) is 23.2 Å². The Morgan fingerprint density at radius 2 is 1.94 bits per heavy atom. The zero-order chi connectivity index (χ0) is 22.5. The molecule has 7 nitrogen and oxygen atoms in total. The summed E-state index contributed by atoms with van der Waals surface area (Å²) in [5.74, 6) is 1.14. The third-order valence-electron chi connectivity index (χ3n) is 5.14. The maximum Gasteiger partial charge on any atom is 0.247 e. The number of nitrogens with zero attached hydrogens (tertiary/aromatic N) is 5. The number of hydrogen-bond donors (Lipinski definition) is 0. The lowest BCUT2D eigenvalue weighted by molar-refractivity contribution is -0.120. The third-order valence-corrected chi connectivity index (χ3v) is 6.06. The second-order valence-electron chi connectivity index (χ2n) is 7.29. The van der Waals surface area contributed by atoms with Crippen LogP contribution in [0.15, 0.2) is 53.7 Å². The molecule has 0 unspecified atom stereocenters. The summed E-state index contributed by atoms with van der Waals surface area (Å²) in [6, 6.07) is 16.7. The molecule has 0 aliphatic carbocycles. The minimum Gasteiger partial charge on any atom is -0.447 e. The fourth-order valence-corrected chi connectivity index (χ4v) is 4.32. The number of benzene rings is 2. The van der Waals surface area contributed by atoms with Gasteiger partial charge in [-0.2, -0.15) is 10.2 Å². The number of ether oxygens (including phenoxy) is 1. The summed E-state index contributed by atoms with van der Waals surface area (Å²) in [6.07, 6.45) is 1.70. The fraction of sp³-hybridized carbons (Fsp3) is 0.292. The molecule has 8 heteroatoms. The van der Waals surface area contributed by atoms with Crippen LogP contribution in [-0.4, -0.2) is 26.8 Å². The average Bonchev–Trinajstić information content (AvgIpc) is 2.98. The molecular weight excluding hydrogens is 422 g/mol. The third kappa shape index (κ3) is 4.30. The van der Waals surface area contributed by atoms with Gasteiger partial charge in [0.1, 0.15) is 0 Å². The summed E-state index contributed by atoms with van der Waals surface area (Å²) in [4.78, 5) is 19.4. The Labute approximate surface area is 191 Å². The second-order valence-corrected chi connectivity index (χ2v) is 8.35. The zero-order valence-electron chi connectivity index (χ0n) is 18.0. The molecule has 0 radical (unpaired) electrons. The minimum absolute atomic E-state index is 0.0925. The van der Waals surface area contributed by atoms with E-state index in [1.54, 1.807) is 29.2 Å². The van der Waals surface area contributed by atoms with E-state index >= 15 is 0 Å². The normalized spacial score (nSPS) is 14.5. The minimum atomic E-state index is -0.747. The number of hydrogen-bond acceptors (Lipinski definition) is 7. The van der Waals surface area contributed by atoms with Crippen LogP contribution in [0.2, 0.25) is 0 Å². The molecule has 0 bridgehead atoms. The maximum absolute atomic E-state index is 13.1. The molecule has 1 amide bonds. The SMILES string of the molecule is CCCCSc1nnc2c(n1)O[C@@H](c1ccc(C#N)cc1)N(C(=O)CC)c1ccccc1-2. The number of aromatic nitrogens is 3. The van der Waals surface area contributed by atoms with Gasteiger partial charge in [0.05, 0.1) is 17.3 Å². The van der Waals surface area contributed by atoms with Crippen molar-refractivity contribution in [1.29, 1.82) is 5.26 Å². The van der Waals surface area contributed by atoms with Crippen LogP contribution in [-0.2, 0) is 4.79 Å². The number of rotatable bonds is 6. The summed E-state index contributed by atoms with van der Waals surface area (Å²) >= 11 is 1.54. The van der Waals surface area contributed by atoms with E-state index in [-0.39, 0.29) is 5.91 Å². The molecule has 2 heterocycles. The summed E-state index contributed by atoms with van der Waals surface area (Å²) < 4.78 is 6.38. The monoisotopic (exact) mass is 445 g/mol. The molecule has 1 aliphatic heterocycles. The van der Waals surface area contributed by atoms with E-state index in [1.165, 1.54) is 11.8 Å². The van der Waals surface area contributed by atoms with Crippen LogP contribution in [0.3, 0.4) is 0 Å². The van der Waals surface area contributed by atoms with Gasteiger partial charge in [0, 0.05) is 23.3 Å². The number of thioether (sulfide) groups is 1. The number of fused-ring (bicyclic) bond motifs is 3. The number of amides is 1. The number of unbranched alkanes of at least 4 members (excludes halogenated alkanes) is 1. The summed E-state index contributed by atoms with van der Waals surface area (Å²) in [6.45, 7) is 3.96. The standard InChI is InChI=1S/C24H23N5O2S/c1-3-5-14-32-24-26-22-21(27-28-24)18-8-6-7-9-19(18)29(20(30)4-2)23(31-22)17-12-10-16(15-25)11-13-17/h6-13,23H,3-5,14H2,1-2H3/t23-/m0/s1. The first-order chi connectivity index (χ1) is 15.7. The summed E-state index contributed by atoms with van der Waals surface area (Å²) in [5, 5.41) is 18.4. The van der Waals surface area contributed by atoms with Gasteiger partial charge in [-0.15, -0.1) is 10.2 Å². The van der Waals surface area contributed by atoms with E-state index in [2.05, 4.69) is 28.2 Å². The zero-order valence-corrected chi connectivity index (χ0v) is 18.8. The molecule has 32 heavy (non-hydrogen) atoms. The van der Waals surface area contributed by atoms with Crippen LogP contribution >= 0.6 is 11.8 Å². The van der Waals surface area contributed by atoms with Crippen molar-refractivity contribution >= 4 is 23.4 Å². The second kappa shape index (κ2) is 9.79. The molecule has 0 N–H and O–H groups in total. The van der Waals surface area contributed by atoms with Crippen LogP contribution in [0.5, 0.6) is 5.88 Å². The molecule has 1 atom stereocenters. The molecule has 162 valence electrons. The van der Waals surface area contributed by atoms with Crippen LogP contribution < -0.4 is 9.64 Å². The van der Waals surface area contributed by atoms with Crippen molar-refractivity contribution in [3.63, 3.8) is 0 Å². The van der Waals surface area contributed by atoms with Crippen molar-refractivity contribution in [3.8, 4) is 23.2 Å². The first kappa shape index (κ1) is 21.8. The highest BCUT2D eigenvalue weighted by molar-refractivity contribution is 7.99. The topological polar surface area (TPSA) is 92.0 Å². The van der Waals surface area contributed by atoms with Gasteiger partial charge in [-0.05, 0) is 24.6 Å². The van der Waals surface area contributed by atoms with Crippen molar-refractivity contribution in [1.82, 2.24) is 15.2 Å². The molecule has 1 aromatic heterocycles. The Hall–Kier alpha value is -3.44. The predicted molar refractivity (Wildman–Crippen MR) is 123 cm³/mol. The van der Waals surface area contributed by atoms with Crippen LogP contribution in [0.4, 0.5) is 5.69 Å². The maximum atomic E-state index is 13.1. The van der Waals surface area contributed by atoms with Gasteiger partial charge in [0.15, 0.2) is 5.69 Å². The number of nitriles is 1. The Kier molecular flexibility index (Phi) is 6.66. The van der Waals surface area contributed by atoms with E-state index in [4.69, 9.17) is 10.00 Å². The van der Waals surface area contributed by atoms with Crippen molar-refractivity contribution in [2.45, 2.75) is 44.5 Å². The molecule has 2 aromatic carbocycles. The molecule has 0 fully saturated rings. The molecular formula is C24H23N5O2S. The van der Waals surface area contributed by atoms with E-state index in [0.717, 1.165) is 29.7 Å². The molecule has 0 saturated carbocycles. The lowest BCUT2D eigenvalue weighted by atomic mass is 10.1. The Bertz CT molecular complexity index is 1160. The quantitative estimate of drug-likeness (QED) is 0.383. The Morgan fingerprint density at radius 1 is 1.16 bits per heavy atom. The van der Waals surface area contributed by atoms with Gasteiger partial charge in [-0.3, -0.25) is 9.69 Å². The first-order valence-corrected chi connectivity index (χ1v) is 11.6. The van der Waals surface area contributed by atoms with Gasteiger partial charge in [0.25, 0.3) is 0 Å². The highest BCUT2D eigenvalue weighted by Gasteiger charge is 2.35. The highest BCUT2D eigenvalue weighted by atomic mass is 32.2. The van der Waals surface area contributed by atoms with E-state index in [1.807, 2.05) is 31.2 Å². The van der Waals surface area contributed by atoms with Crippen LogP contribution in [0, 0.1) is 11.3 Å². The Balaban J connectivity index is 1.85. The van der Waals surface area contributed by atoms with Gasteiger partial charge < -0.3 is 4.74 Å². The van der Waals surface area contributed by atoms with Crippen molar-refractivity contribution in [3.05, 3.63) is 59.7 Å². The average molecular weight is 446 g/mol. The Morgan fingerprint density at radius 3 is 2.66 bits per heavy atom. The van der Waals surface area contributed by atoms with Gasteiger partial charge in [-0.1, -0.05) is 62.4 Å². The lowest BCUT2D eigenvalue weighted by Crippen LogP contribution is -2.37. The van der Waals surface area contributed by atoms with Crippen molar-refractivity contribution < 1.29 is 9.53 Å². The molecule has 4 rings (SSSR count). The number of carbonyl (C=O) groups excluding carboxylic acids is 1. The van der Waals surface area contributed by atoms with Crippen LogP contribution in [0.1, 0.15) is 50.5 Å². The van der Waals surface area contributed by atoms with E-state index in [9.17, 15) is 4.79 Å². The first-order valence-electron chi connectivity index (χ1n) is 10.6. The fourth-order valence-electron chi connectivity index (χ4n) is 3.46. The highest BCUT2D eigenvalue weighted by Crippen LogP contribution is 2.43. The van der Waals surface area contributed by atoms with E-state index < -0.39 is 6.23 Å². The van der Waals surface area contributed by atoms with Gasteiger partial charge in [-0.25, -0.2) is 0 Å². The number of para-hydroxylation sites is 1. The smallest absolute Gasteiger partial charge is 0.247 e. The molecule has 3 aromatic rings. The van der Waals surface area contributed by atoms with E-state index in [0.29, 0.717) is 34.4 Å². The lowest BCUT2D eigenvalue weighted by Gasteiger charge is -2.30. The number of carbonyl (C=O) groups is 1. The summed E-state index contributed by atoms with van der Waals surface area (Å²) in [5.41, 5.74) is 3.22. The number of anilines is 1. The largest absolute Gasteiger partial charge is 0.447 e. The molecule has 0 spiro atoms.